The summed E-state index contributed by atoms with van der Waals surface area (Å²) in [6.45, 7) is 8.36. The lowest BCUT2D eigenvalue weighted by Gasteiger charge is -2.27. The molecule has 0 aliphatic carbocycles. The van der Waals surface area contributed by atoms with Crippen molar-refractivity contribution in [3.05, 3.63) is 48.0 Å². The van der Waals surface area contributed by atoms with Crippen LogP contribution >= 0.6 is 0 Å². The molecule has 0 radical (unpaired) electrons. The summed E-state index contributed by atoms with van der Waals surface area (Å²) in [4.78, 5) is 0.246. The van der Waals surface area contributed by atoms with Crippen LogP contribution in [0.3, 0.4) is 0 Å². The van der Waals surface area contributed by atoms with E-state index in [4.69, 9.17) is 0 Å². The topological polar surface area (TPSA) is 57.6 Å². The quantitative estimate of drug-likeness (QED) is 0.863. The third-order valence-corrected chi connectivity index (χ3v) is 7.63. The molecule has 0 saturated carbocycles. The fourth-order valence-corrected chi connectivity index (χ4v) is 5.29. The zero-order valence-electron chi connectivity index (χ0n) is 14.2. The first-order chi connectivity index (χ1) is 10.5. The monoisotopic (exact) mass is 349 g/mol. The summed E-state index contributed by atoms with van der Waals surface area (Å²) in [5.41, 5.74) is 1.55. The number of sulfonamides is 1. The standard InChI is InChI=1S/C17H23NO3SSi/c1-13-6-9-15(10-7-13)22(20,21)18(2)16-12-14(19)8-11-17(16)23(3,4)5/h6-12,19H,1-5H3. The molecule has 2 aromatic rings. The Kier molecular flexibility index (Phi) is 4.59. The summed E-state index contributed by atoms with van der Waals surface area (Å²) in [5, 5.41) is 10.8. The zero-order chi connectivity index (χ0) is 17.4. The second-order valence-corrected chi connectivity index (χ2v) is 13.7. The Bertz CT molecular complexity index is 809. The average Bonchev–Trinajstić information content (AvgIpc) is 2.45. The van der Waals surface area contributed by atoms with E-state index in [0.717, 1.165) is 10.8 Å². The minimum Gasteiger partial charge on any atom is -0.508 e. The van der Waals surface area contributed by atoms with E-state index < -0.39 is 18.1 Å². The highest BCUT2D eigenvalue weighted by atomic mass is 32.2. The van der Waals surface area contributed by atoms with Gasteiger partial charge in [0.15, 0.2) is 0 Å². The number of phenolic OH excluding ortho intramolecular Hbond substituents is 1. The highest BCUT2D eigenvalue weighted by molar-refractivity contribution is 7.92. The van der Waals surface area contributed by atoms with E-state index in [1.807, 2.05) is 13.0 Å². The number of hydrogen-bond acceptors (Lipinski definition) is 3. The van der Waals surface area contributed by atoms with Crippen LogP contribution in [0.5, 0.6) is 5.75 Å². The van der Waals surface area contributed by atoms with Gasteiger partial charge in [0.05, 0.1) is 18.7 Å². The van der Waals surface area contributed by atoms with Crippen molar-refractivity contribution in [3.8, 4) is 5.75 Å². The molecule has 0 bridgehead atoms. The molecule has 124 valence electrons. The molecule has 23 heavy (non-hydrogen) atoms. The molecule has 0 atom stereocenters. The molecule has 2 aromatic carbocycles. The van der Waals surface area contributed by atoms with Crippen LogP contribution in [0.25, 0.3) is 0 Å². The first-order valence-corrected chi connectivity index (χ1v) is 12.4. The fraction of sp³-hybridized carbons (Fsp3) is 0.294. The first kappa shape index (κ1) is 17.6. The zero-order valence-corrected chi connectivity index (χ0v) is 16.0. The summed E-state index contributed by atoms with van der Waals surface area (Å²) in [6, 6.07) is 11.8. The average molecular weight is 350 g/mol. The van der Waals surface area contributed by atoms with Gasteiger partial charge in [-0.3, -0.25) is 4.31 Å². The molecule has 0 aliphatic heterocycles. The normalized spacial score (nSPS) is 12.2. The van der Waals surface area contributed by atoms with Gasteiger partial charge in [0, 0.05) is 13.1 Å². The van der Waals surface area contributed by atoms with Gasteiger partial charge in [-0.1, -0.05) is 43.4 Å². The maximum Gasteiger partial charge on any atom is 0.264 e. The Morgan fingerprint density at radius 2 is 1.57 bits per heavy atom. The molecule has 0 heterocycles. The number of phenols is 1. The highest BCUT2D eigenvalue weighted by Gasteiger charge is 2.28. The summed E-state index contributed by atoms with van der Waals surface area (Å²) in [6.07, 6.45) is 0. The molecule has 0 unspecified atom stereocenters. The van der Waals surface area contributed by atoms with Crippen molar-refractivity contribution >= 4 is 29.0 Å². The molecule has 2 rings (SSSR count). The Balaban J connectivity index is 2.58. The minimum atomic E-state index is -3.66. The van der Waals surface area contributed by atoms with Crippen LogP contribution in [0.1, 0.15) is 5.56 Å². The van der Waals surface area contributed by atoms with Crippen LogP contribution in [0.2, 0.25) is 19.6 Å². The van der Waals surface area contributed by atoms with E-state index in [9.17, 15) is 13.5 Å². The predicted molar refractivity (Wildman–Crippen MR) is 97.9 cm³/mol. The molecule has 0 saturated heterocycles. The van der Waals surface area contributed by atoms with Gasteiger partial charge in [-0.25, -0.2) is 8.42 Å². The predicted octanol–water partition coefficient (Wildman–Crippen LogP) is 3.07. The van der Waals surface area contributed by atoms with Crippen molar-refractivity contribution in [1.82, 2.24) is 0 Å². The third kappa shape index (κ3) is 3.59. The second kappa shape index (κ2) is 6.01. The highest BCUT2D eigenvalue weighted by Crippen LogP contribution is 2.26. The molecule has 0 fully saturated rings. The van der Waals surface area contributed by atoms with Gasteiger partial charge < -0.3 is 5.11 Å². The van der Waals surface area contributed by atoms with Crippen LogP contribution in [-0.4, -0.2) is 28.6 Å². The Morgan fingerprint density at radius 1 is 1.00 bits per heavy atom. The first-order valence-electron chi connectivity index (χ1n) is 7.42. The lowest BCUT2D eigenvalue weighted by atomic mass is 10.2. The van der Waals surface area contributed by atoms with E-state index in [1.165, 1.54) is 17.4 Å². The molecular weight excluding hydrogens is 326 g/mol. The maximum absolute atomic E-state index is 12.9. The van der Waals surface area contributed by atoms with Crippen molar-refractivity contribution in [2.45, 2.75) is 31.5 Å². The molecule has 1 N–H and O–H groups in total. The van der Waals surface area contributed by atoms with Crippen molar-refractivity contribution in [2.24, 2.45) is 0 Å². The molecular formula is C17H23NO3SSi. The number of aromatic hydroxyl groups is 1. The smallest absolute Gasteiger partial charge is 0.264 e. The van der Waals surface area contributed by atoms with Crippen LogP contribution in [0.15, 0.2) is 47.4 Å². The van der Waals surface area contributed by atoms with Crippen LogP contribution < -0.4 is 9.49 Å². The summed E-state index contributed by atoms with van der Waals surface area (Å²) < 4.78 is 27.1. The van der Waals surface area contributed by atoms with Gasteiger partial charge in [-0.05, 0) is 30.3 Å². The van der Waals surface area contributed by atoms with Gasteiger partial charge in [-0.15, -0.1) is 0 Å². The van der Waals surface area contributed by atoms with E-state index in [-0.39, 0.29) is 10.6 Å². The number of nitrogens with zero attached hydrogens (tertiary/aromatic N) is 1. The van der Waals surface area contributed by atoms with Crippen molar-refractivity contribution in [2.75, 3.05) is 11.4 Å². The summed E-state index contributed by atoms with van der Waals surface area (Å²) >= 11 is 0. The minimum absolute atomic E-state index is 0.0629. The number of rotatable bonds is 4. The van der Waals surface area contributed by atoms with E-state index >= 15 is 0 Å². The van der Waals surface area contributed by atoms with E-state index in [1.54, 1.807) is 30.3 Å². The van der Waals surface area contributed by atoms with Gasteiger partial charge in [-0.2, -0.15) is 0 Å². The Morgan fingerprint density at radius 3 is 2.09 bits per heavy atom. The lowest BCUT2D eigenvalue weighted by Crippen LogP contribution is -2.42. The largest absolute Gasteiger partial charge is 0.508 e. The third-order valence-electron chi connectivity index (χ3n) is 3.81. The van der Waals surface area contributed by atoms with Crippen LogP contribution in [0, 0.1) is 6.92 Å². The molecule has 0 aliphatic rings. The van der Waals surface area contributed by atoms with E-state index in [2.05, 4.69) is 19.6 Å². The molecule has 0 aromatic heterocycles. The number of hydrogen-bond donors (Lipinski definition) is 1. The molecule has 0 amide bonds. The van der Waals surface area contributed by atoms with Crippen LogP contribution in [-0.2, 0) is 10.0 Å². The van der Waals surface area contributed by atoms with Gasteiger partial charge in [0.1, 0.15) is 5.75 Å². The summed E-state index contributed by atoms with van der Waals surface area (Å²) in [5.74, 6) is 0.0629. The Labute approximate surface area is 139 Å². The molecule has 6 heteroatoms. The van der Waals surface area contributed by atoms with Crippen molar-refractivity contribution in [3.63, 3.8) is 0 Å². The number of anilines is 1. The Hall–Kier alpha value is -1.79. The molecule has 4 nitrogen and oxygen atoms in total. The van der Waals surface area contributed by atoms with Crippen LogP contribution in [0.4, 0.5) is 5.69 Å². The lowest BCUT2D eigenvalue weighted by molar-refractivity contribution is 0.475. The van der Waals surface area contributed by atoms with Gasteiger partial charge >= 0.3 is 0 Å². The SMILES string of the molecule is Cc1ccc(S(=O)(=O)N(C)c2cc(O)ccc2[Si](C)(C)C)cc1. The van der Waals surface area contributed by atoms with Gasteiger partial charge in [0.2, 0.25) is 0 Å². The second-order valence-electron chi connectivity index (χ2n) is 6.74. The van der Waals surface area contributed by atoms with Crippen molar-refractivity contribution < 1.29 is 13.5 Å². The summed E-state index contributed by atoms with van der Waals surface area (Å²) in [7, 11) is -3.90. The maximum atomic E-state index is 12.9. The van der Waals surface area contributed by atoms with E-state index in [0.29, 0.717) is 5.69 Å². The fourth-order valence-electron chi connectivity index (χ4n) is 2.41. The van der Waals surface area contributed by atoms with Gasteiger partial charge in [0.25, 0.3) is 10.0 Å². The number of aryl methyl sites for hydroxylation is 1. The number of benzene rings is 2. The molecule has 0 spiro atoms. The van der Waals surface area contributed by atoms with Crippen molar-refractivity contribution in [1.29, 1.82) is 0 Å².